The highest BCUT2D eigenvalue weighted by molar-refractivity contribution is 5.71. The van der Waals surface area contributed by atoms with Crippen molar-refractivity contribution in [2.24, 2.45) is 5.73 Å². The molecule has 2 heterocycles. The lowest BCUT2D eigenvalue weighted by molar-refractivity contribution is 0.386. The van der Waals surface area contributed by atoms with E-state index in [0.717, 1.165) is 36.5 Å². The largest absolute Gasteiger partial charge is 0.324 e. The summed E-state index contributed by atoms with van der Waals surface area (Å²) < 4.78 is 2.12. The van der Waals surface area contributed by atoms with Crippen LogP contribution in [-0.2, 0) is 13.1 Å². The molecule has 0 aliphatic heterocycles. The summed E-state index contributed by atoms with van der Waals surface area (Å²) in [4.78, 5) is 11.0. The molecule has 0 aliphatic carbocycles. The maximum Gasteiger partial charge on any atom is 0.160 e. The predicted octanol–water partition coefficient (Wildman–Crippen LogP) is 0.842. The van der Waals surface area contributed by atoms with E-state index in [9.17, 15) is 0 Å². The summed E-state index contributed by atoms with van der Waals surface area (Å²) in [5, 5.41) is 0. The molecule has 0 spiro atoms. The first kappa shape index (κ1) is 12.0. The fourth-order valence-corrected chi connectivity index (χ4v) is 1.94. The number of pyridine rings is 1. The Balaban J connectivity index is 2.24. The Morgan fingerprint density at radius 1 is 1.41 bits per heavy atom. The Morgan fingerprint density at radius 2 is 2.24 bits per heavy atom. The van der Waals surface area contributed by atoms with Crippen LogP contribution in [0.4, 0.5) is 0 Å². The Kier molecular flexibility index (Phi) is 3.71. The molecule has 0 radical (unpaired) electrons. The van der Waals surface area contributed by atoms with Gasteiger partial charge in [0.2, 0.25) is 0 Å². The van der Waals surface area contributed by atoms with Gasteiger partial charge in [-0.3, -0.25) is 0 Å². The van der Waals surface area contributed by atoms with E-state index in [2.05, 4.69) is 33.5 Å². The topological polar surface area (TPSA) is 60.0 Å². The molecule has 0 unspecified atom stereocenters. The minimum Gasteiger partial charge on any atom is -0.324 e. The first-order chi connectivity index (χ1) is 8.22. The van der Waals surface area contributed by atoms with Gasteiger partial charge < -0.3 is 15.2 Å². The van der Waals surface area contributed by atoms with E-state index in [1.165, 1.54) is 0 Å². The summed E-state index contributed by atoms with van der Waals surface area (Å²) in [6, 6.07) is 3.88. The zero-order valence-corrected chi connectivity index (χ0v) is 10.4. The number of nitrogens with two attached hydrogens (primary N) is 1. The lowest BCUT2D eigenvalue weighted by Crippen LogP contribution is -2.16. The van der Waals surface area contributed by atoms with Gasteiger partial charge in [0.25, 0.3) is 0 Å². The Labute approximate surface area is 101 Å². The molecule has 17 heavy (non-hydrogen) atoms. The molecule has 5 heteroatoms. The maximum atomic E-state index is 5.72. The van der Waals surface area contributed by atoms with Crippen molar-refractivity contribution in [2.45, 2.75) is 19.5 Å². The van der Waals surface area contributed by atoms with E-state index >= 15 is 0 Å². The molecule has 0 saturated carbocycles. The highest BCUT2D eigenvalue weighted by Crippen LogP contribution is 2.13. The average Bonchev–Trinajstić information content (AvgIpc) is 2.67. The highest BCUT2D eigenvalue weighted by Gasteiger charge is 2.09. The first-order valence-electron chi connectivity index (χ1n) is 5.87. The van der Waals surface area contributed by atoms with Crippen molar-refractivity contribution in [1.29, 1.82) is 0 Å². The van der Waals surface area contributed by atoms with Gasteiger partial charge in [-0.05, 0) is 39.2 Å². The number of nitrogens with zero attached hydrogens (tertiary/aromatic N) is 4. The Morgan fingerprint density at radius 3 is 2.94 bits per heavy atom. The molecule has 0 amide bonds. The lowest BCUT2D eigenvalue weighted by Gasteiger charge is -2.11. The summed E-state index contributed by atoms with van der Waals surface area (Å²) in [5.41, 5.74) is 7.59. The minimum atomic E-state index is 0.457. The highest BCUT2D eigenvalue weighted by atomic mass is 15.1. The summed E-state index contributed by atoms with van der Waals surface area (Å²) in [5.74, 6) is 0.914. The second-order valence-electron chi connectivity index (χ2n) is 4.39. The lowest BCUT2D eigenvalue weighted by atomic mass is 10.4. The number of aromatic nitrogens is 3. The van der Waals surface area contributed by atoms with Gasteiger partial charge >= 0.3 is 0 Å². The van der Waals surface area contributed by atoms with Crippen molar-refractivity contribution in [2.75, 3.05) is 20.6 Å². The average molecular weight is 233 g/mol. The molecule has 92 valence electrons. The van der Waals surface area contributed by atoms with Crippen LogP contribution in [0, 0.1) is 0 Å². The van der Waals surface area contributed by atoms with E-state index < -0.39 is 0 Å². The van der Waals surface area contributed by atoms with Crippen LogP contribution in [0.3, 0.4) is 0 Å². The molecule has 2 rings (SSSR count). The normalized spacial score (nSPS) is 11.5. The molecule has 0 bridgehead atoms. The van der Waals surface area contributed by atoms with Gasteiger partial charge in [-0.15, -0.1) is 0 Å². The molecule has 0 saturated heterocycles. The van der Waals surface area contributed by atoms with Crippen LogP contribution >= 0.6 is 0 Å². The summed E-state index contributed by atoms with van der Waals surface area (Å²) in [6.45, 7) is 2.42. The fourth-order valence-electron chi connectivity index (χ4n) is 1.94. The van der Waals surface area contributed by atoms with E-state index in [1.807, 2.05) is 12.1 Å². The van der Waals surface area contributed by atoms with Gasteiger partial charge in [0, 0.05) is 12.7 Å². The number of rotatable bonds is 5. The van der Waals surface area contributed by atoms with Gasteiger partial charge in [-0.25, -0.2) is 9.97 Å². The predicted molar refractivity (Wildman–Crippen MR) is 68.6 cm³/mol. The molecular formula is C12H19N5. The molecule has 5 nitrogen and oxygen atoms in total. The molecular weight excluding hydrogens is 214 g/mol. The summed E-state index contributed by atoms with van der Waals surface area (Å²) >= 11 is 0. The van der Waals surface area contributed by atoms with E-state index in [4.69, 9.17) is 5.73 Å². The third kappa shape index (κ3) is 2.62. The van der Waals surface area contributed by atoms with Crippen molar-refractivity contribution < 1.29 is 0 Å². The quantitative estimate of drug-likeness (QED) is 0.831. The number of aryl methyl sites for hydroxylation is 1. The molecule has 0 aliphatic rings. The van der Waals surface area contributed by atoms with E-state index in [0.29, 0.717) is 6.54 Å². The van der Waals surface area contributed by atoms with Crippen LogP contribution in [0.5, 0.6) is 0 Å². The fraction of sp³-hybridized carbons (Fsp3) is 0.500. The standard InChI is InChI=1S/C12H19N5/c1-16(2)7-4-8-17-11(9-13)15-10-5-3-6-14-12(10)17/h3,5-6H,4,7-9,13H2,1-2H3. The molecule has 2 aromatic rings. The number of hydrogen-bond donors (Lipinski definition) is 1. The molecule has 2 N–H and O–H groups in total. The van der Waals surface area contributed by atoms with Crippen LogP contribution < -0.4 is 5.73 Å². The monoisotopic (exact) mass is 233 g/mol. The maximum absolute atomic E-state index is 5.72. The van der Waals surface area contributed by atoms with E-state index in [-0.39, 0.29) is 0 Å². The van der Waals surface area contributed by atoms with Crippen molar-refractivity contribution in [3.8, 4) is 0 Å². The Bertz CT molecular complexity index is 489. The minimum absolute atomic E-state index is 0.457. The van der Waals surface area contributed by atoms with Gasteiger partial charge in [0.05, 0.1) is 6.54 Å². The van der Waals surface area contributed by atoms with Crippen molar-refractivity contribution in [3.05, 3.63) is 24.2 Å². The number of fused-ring (bicyclic) bond motifs is 1. The molecule has 0 atom stereocenters. The van der Waals surface area contributed by atoms with Crippen molar-refractivity contribution >= 4 is 11.2 Å². The van der Waals surface area contributed by atoms with Gasteiger partial charge in [-0.1, -0.05) is 0 Å². The summed E-state index contributed by atoms with van der Waals surface area (Å²) in [7, 11) is 4.15. The molecule has 0 fully saturated rings. The third-order valence-corrected chi connectivity index (χ3v) is 2.75. The van der Waals surface area contributed by atoms with Gasteiger partial charge in [-0.2, -0.15) is 0 Å². The SMILES string of the molecule is CN(C)CCCn1c(CN)nc2cccnc21. The molecule has 2 aromatic heterocycles. The third-order valence-electron chi connectivity index (χ3n) is 2.75. The first-order valence-corrected chi connectivity index (χ1v) is 5.87. The smallest absolute Gasteiger partial charge is 0.160 e. The van der Waals surface area contributed by atoms with Crippen molar-refractivity contribution in [1.82, 2.24) is 19.4 Å². The zero-order chi connectivity index (χ0) is 12.3. The zero-order valence-electron chi connectivity index (χ0n) is 10.4. The number of imidazole rings is 1. The molecule has 0 aromatic carbocycles. The number of hydrogen-bond acceptors (Lipinski definition) is 4. The van der Waals surface area contributed by atoms with Crippen LogP contribution in [0.25, 0.3) is 11.2 Å². The van der Waals surface area contributed by atoms with Gasteiger partial charge in [0.1, 0.15) is 11.3 Å². The van der Waals surface area contributed by atoms with E-state index in [1.54, 1.807) is 6.20 Å². The second kappa shape index (κ2) is 5.25. The van der Waals surface area contributed by atoms with Crippen LogP contribution in [-0.4, -0.2) is 40.1 Å². The van der Waals surface area contributed by atoms with Crippen molar-refractivity contribution in [3.63, 3.8) is 0 Å². The summed E-state index contributed by atoms with van der Waals surface area (Å²) in [6.07, 6.45) is 2.87. The van der Waals surface area contributed by atoms with Crippen LogP contribution in [0.15, 0.2) is 18.3 Å². The second-order valence-corrected chi connectivity index (χ2v) is 4.39. The van der Waals surface area contributed by atoms with Crippen LogP contribution in [0.2, 0.25) is 0 Å². The van der Waals surface area contributed by atoms with Gasteiger partial charge in [0.15, 0.2) is 5.65 Å². The van der Waals surface area contributed by atoms with Crippen LogP contribution in [0.1, 0.15) is 12.2 Å². The Hall–Kier alpha value is -1.46.